The molecule has 3 heterocycles. The normalized spacial score (nSPS) is 17.4. The van der Waals surface area contributed by atoms with Crippen LogP contribution in [0.2, 0.25) is 0 Å². The zero-order valence-corrected chi connectivity index (χ0v) is 17.4. The van der Waals surface area contributed by atoms with Crippen LogP contribution in [0.1, 0.15) is 18.4 Å². The van der Waals surface area contributed by atoms with E-state index in [1.165, 1.54) is 11.3 Å². The van der Waals surface area contributed by atoms with Crippen LogP contribution in [0.3, 0.4) is 0 Å². The van der Waals surface area contributed by atoms with Crippen molar-refractivity contribution in [2.24, 2.45) is 0 Å². The fraction of sp³-hybridized carbons (Fsp3) is 0.364. The van der Waals surface area contributed by atoms with Crippen LogP contribution < -0.4 is 19.1 Å². The van der Waals surface area contributed by atoms with Gasteiger partial charge in [0.25, 0.3) is 0 Å². The van der Waals surface area contributed by atoms with Gasteiger partial charge in [-0.3, -0.25) is 9.69 Å². The molecular weight excluding hydrogens is 404 g/mol. The second-order valence-corrected chi connectivity index (χ2v) is 8.32. The van der Waals surface area contributed by atoms with Crippen LogP contribution in [0.5, 0.6) is 17.2 Å². The molecule has 2 aromatic carbocycles. The summed E-state index contributed by atoms with van der Waals surface area (Å²) >= 11 is 1.49. The van der Waals surface area contributed by atoms with Gasteiger partial charge in [0, 0.05) is 6.61 Å². The number of methoxy groups -OCH3 is 1. The number of nitrogens with zero attached hydrogens (tertiary/aromatic N) is 2. The minimum absolute atomic E-state index is 0.0256. The average Bonchev–Trinajstić information content (AvgIpc) is 3.51. The zero-order chi connectivity index (χ0) is 20.5. The molecule has 1 atom stereocenters. The molecule has 0 N–H and O–H groups in total. The Labute approximate surface area is 178 Å². The summed E-state index contributed by atoms with van der Waals surface area (Å²) in [4.78, 5) is 19.9. The molecule has 156 valence electrons. The molecule has 3 aromatic rings. The highest BCUT2D eigenvalue weighted by atomic mass is 32.1. The van der Waals surface area contributed by atoms with E-state index in [-0.39, 0.29) is 25.2 Å². The molecule has 0 spiro atoms. The summed E-state index contributed by atoms with van der Waals surface area (Å²) in [5.41, 5.74) is 1.65. The van der Waals surface area contributed by atoms with Crippen LogP contribution in [0, 0.1) is 0 Å². The van der Waals surface area contributed by atoms with Gasteiger partial charge in [-0.25, -0.2) is 4.98 Å². The van der Waals surface area contributed by atoms with E-state index in [0.29, 0.717) is 28.9 Å². The number of aromatic nitrogens is 1. The summed E-state index contributed by atoms with van der Waals surface area (Å²) < 4.78 is 23.0. The molecule has 5 rings (SSSR count). The molecule has 7 nitrogen and oxygen atoms in total. The van der Waals surface area contributed by atoms with Crippen LogP contribution in [0.15, 0.2) is 36.4 Å². The van der Waals surface area contributed by atoms with Gasteiger partial charge in [-0.2, -0.15) is 0 Å². The quantitative estimate of drug-likeness (QED) is 0.597. The van der Waals surface area contributed by atoms with Crippen LogP contribution in [-0.2, 0) is 16.0 Å². The predicted octanol–water partition coefficient (Wildman–Crippen LogP) is 3.79. The van der Waals surface area contributed by atoms with Crippen LogP contribution in [0.25, 0.3) is 10.2 Å². The number of rotatable bonds is 6. The molecule has 0 saturated carbocycles. The van der Waals surface area contributed by atoms with E-state index in [4.69, 9.17) is 23.9 Å². The van der Waals surface area contributed by atoms with Crippen LogP contribution in [-0.4, -0.2) is 44.0 Å². The Balaban J connectivity index is 1.44. The molecule has 1 aromatic heterocycles. The number of hydrogen-bond acceptors (Lipinski definition) is 7. The van der Waals surface area contributed by atoms with E-state index < -0.39 is 0 Å². The lowest BCUT2D eigenvalue weighted by molar-refractivity contribution is -0.118. The molecule has 1 amide bonds. The number of fused-ring (bicyclic) bond motifs is 2. The van der Waals surface area contributed by atoms with Gasteiger partial charge < -0.3 is 18.9 Å². The number of amides is 1. The van der Waals surface area contributed by atoms with Gasteiger partial charge in [0.05, 0.1) is 30.9 Å². The third kappa shape index (κ3) is 3.68. The second-order valence-electron chi connectivity index (χ2n) is 7.31. The average molecular weight is 426 g/mol. The fourth-order valence-electron chi connectivity index (χ4n) is 3.79. The monoisotopic (exact) mass is 426 g/mol. The highest BCUT2D eigenvalue weighted by Gasteiger charge is 2.27. The Hall–Kier alpha value is -2.84. The molecule has 1 saturated heterocycles. The number of anilines is 1. The fourth-order valence-corrected chi connectivity index (χ4v) is 4.80. The molecule has 30 heavy (non-hydrogen) atoms. The van der Waals surface area contributed by atoms with Crippen LogP contribution >= 0.6 is 11.3 Å². The smallest absolute Gasteiger partial charge is 0.233 e. The highest BCUT2D eigenvalue weighted by molar-refractivity contribution is 7.22. The Morgan fingerprint density at radius 2 is 2.17 bits per heavy atom. The summed E-state index contributed by atoms with van der Waals surface area (Å²) in [6.45, 7) is 1.44. The second kappa shape index (κ2) is 8.12. The zero-order valence-electron chi connectivity index (χ0n) is 16.6. The molecule has 0 bridgehead atoms. The van der Waals surface area contributed by atoms with Gasteiger partial charge >= 0.3 is 0 Å². The van der Waals surface area contributed by atoms with Crippen molar-refractivity contribution in [1.82, 2.24) is 4.98 Å². The SMILES string of the molecule is COc1cccc2sc(N(C[C@H]3CCCO3)C(=O)Cc3ccc4c(c3)OCO4)nc12. The van der Waals surface area contributed by atoms with Gasteiger partial charge in [-0.05, 0) is 42.7 Å². The van der Waals surface area contributed by atoms with Crippen molar-refractivity contribution in [3.8, 4) is 17.2 Å². The van der Waals surface area contributed by atoms with E-state index >= 15 is 0 Å². The number of ether oxygens (including phenoxy) is 4. The molecule has 2 aliphatic heterocycles. The van der Waals surface area contributed by atoms with Gasteiger partial charge in [0.15, 0.2) is 16.6 Å². The maximum absolute atomic E-state index is 13.4. The number of thiazole rings is 1. The number of carbonyl (C=O) groups excluding carboxylic acids is 1. The van der Waals surface area contributed by atoms with Crippen molar-refractivity contribution >= 4 is 32.6 Å². The lowest BCUT2D eigenvalue weighted by Gasteiger charge is -2.23. The van der Waals surface area contributed by atoms with Crippen molar-refractivity contribution in [1.29, 1.82) is 0 Å². The summed E-state index contributed by atoms with van der Waals surface area (Å²) in [5.74, 6) is 2.06. The maximum atomic E-state index is 13.4. The van der Waals surface area contributed by atoms with Crippen molar-refractivity contribution in [3.05, 3.63) is 42.0 Å². The first-order chi connectivity index (χ1) is 14.7. The first-order valence-electron chi connectivity index (χ1n) is 9.95. The van der Waals surface area contributed by atoms with E-state index in [0.717, 1.165) is 35.2 Å². The third-order valence-electron chi connectivity index (χ3n) is 5.33. The standard InChI is InChI=1S/C22H22N2O5S/c1-26-17-5-2-6-19-21(17)23-22(30-19)24(12-15-4-3-9-27-15)20(25)11-14-7-8-16-18(10-14)29-13-28-16/h2,5-8,10,15H,3-4,9,11-13H2,1H3/t15-/m1/s1. The van der Waals surface area contributed by atoms with Crippen molar-refractivity contribution < 1.29 is 23.7 Å². The lowest BCUT2D eigenvalue weighted by Crippen LogP contribution is -2.38. The topological polar surface area (TPSA) is 70.1 Å². The molecular formula is C22H22N2O5S. The number of carbonyl (C=O) groups is 1. The Morgan fingerprint density at radius 1 is 1.27 bits per heavy atom. The summed E-state index contributed by atoms with van der Waals surface area (Å²) in [7, 11) is 1.63. The summed E-state index contributed by atoms with van der Waals surface area (Å²) in [6, 6.07) is 11.4. The van der Waals surface area contributed by atoms with E-state index in [1.807, 2.05) is 36.4 Å². The van der Waals surface area contributed by atoms with Gasteiger partial charge in [0.1, 0.15) is 11.3 Å². The number of benzene rings is 2. The van der Waals surface area contributed by atoms with E-state index in [9.17, 15) is 4.79 Å². The molecule has 1 fully saturated rings. The first kappa shape index (κ1) is 19.1. The minimum Gasteiger partial charge on any atom is -0.494 e. The lowest BCUT2D eigenvalue weighted by atomic mass is 10.1. The van der Waals surface area contributed by atoms with E-state index in [1.54, 1.807) is 12.0 Å². The maximum Gasteiger partial charge on any atom is 0.233 e. The summed E-state index contributed by atoms with van der Waals surface area (Å²) in [5, 5.41) is 0.663. The molecule has 0 aliphatic carbocycles. The molecule has 2 aliphatic rings. The Bertz CT molecular complexity index is 1080. The number of para-hydroxylation sites is 1. The highest BCUT2D eigenvalue weighted by Crippen LogP contribution is 2.36. The Morgan fingerprint density at radius 3 is 3.00 bits per heavy atom. The third-order valence-corrected chi connectivity index (χ3v) is 6.37. The summed E-state index contributed by atoms with van der Waals surface area (Å²) in [6.07, 6.45) is 2.24. The minimum atomic E-state index is -0.0256. The molecule has 8 heteroatoms. The van der Waals surface area contributed by atoms with Gasteiger partial charge in [-0.1, -0.05) is 23.5 Å². The van der Waals surface area contributed by atoms with Crippen molar-refractivity contribution in [2.75, 3.05) is 32.0 Å². The Kier molecular flexibility index (Phi) is 5.18. The largest absolute Gasteiger partial charge is 0.494 e. The van der Waals surface area contributed by atoms with Gasteiger partial charge in [0.2, 0.25) is 12.7 Å². The van der Waals surface area contributed by atoms with E-state index in [2.05, 4.69) is 0 Å². The molecule has 0 radical (unpaired) electrons. The van der Waals surface area contributed by atoms with Crippen LogP contribution in [0.4, 0.5) is 5.13 Å². The van der Waals surface area contributed by atoms with Crippen molar-refractivity contribution in [2.45, 2.75) is 25.4 Å². The first-order valence-corrected chi connectivity index (χ1v) is 10.8. The van der Waals surface area contributed by atoms with Gasteiger partial charge in [-0.15, -0.1) is 0 Å². The van der Waals surface area contributed by atoms with Crippen molar-refractivity contribution in [3.63, 3.8) is 0 Å². The predicted molar refractivity (Wildman–Crippen MR) is 114 cm³/mol. The molecule has 0 unspecified atom stereocenters. The number of hydrogen-bond donors (Lipinski definition) is 0.